The molecular formula is C20H15N5O5S. The first-order valence-electron chi connectivity index (χ1n) is 9.01. The van der Waals surface area contributed by atoms with Gasteiger partial charge < -0.3 is 9.72 Å². The Bertz CT molecular complexity index is 1350. The number of carbonyl (C=O) groups excluding carboxylic acids is 1. The van der Waals surface area contributed by atoms with Crippen molar-refractivity contribution in [2.45, 2.75) is 6.42 Å². The molecule has 0 aliphatic heterocycles. The SMILES string of the molecule is COc1ccc(Cc2nc(C(=O)Nc3nc4ccc([N+](=O)[O-])cc4s3)cc(=O)[nH]2)cc1. The van der Waals surface area contributed by atoms with Crippen LogP contribution in [0.2, 0.25) is 0 Å². The highest BCUT2D eigenvalue weighted by atomic mass is 32.1. The van der Waals surface area contributed by atoms with Gasteiger partial charge >= 0.3 is 0 Å². The van der Waals surface area contributed by atoms with Crippen LogP contribution in [0.25, 0.3) is 10.2 Å². The maximum atomic E-state index is 12.6. The zero-order valence-electron chi connectivity index (χ0n) is 16.1. The van der Waals surface area contributed by atoms with E-state index in [0.717, 1.165) is 23.0 Å². The van der Waals surface area contributed by atoms with E-state index in [1.54, 1.807) is 19.2 Å². The molecule has 0 aliphatic carbocycles. The number of benzene rings is 2. The molecule has 2 heterocycles. The number of non-ortho nitro benzene ring substituents is 1. The third-order valence-corrected chi connectivity index (χ3v) is 5.29. The number of hydrogen-bond acceptors (Lipinski definition) is 8. The number of aromatic amines is 1. The molecule has 11 heteroatoms. The van der Waals surface area contributed by atoms with E-state index in [-0.39, 0.29) is 16.5 Å². The number of fused-ring (bicyclic) bond motifs is 1. The van der Waals surface area contributed by atoms with Crippen molar-refractivity contribution < 1.29 is 14.5 Å². The van der Waals surface area contributed by atoms with Gasteiger partial charge in [0.05, 0.1) is 22.2 Å². The average molecular weight is 437 g/mol. The first-order chi connectivity index (χ1) is 14.9. The number of H-pyrrole nitrogens is 1. The average Bonchev–Trinajstić information content (AvgIpc) is 3.15. The zero-order valence-corrected chi connectivity index (χ0v) is 16.9. The van der Waals surface area contributed by atoms with Gasteiger partial charge in [-0.15, -0.1) is 0 Å². The first kappa shape index (κ1) is 20.2. The lowest BCUT2D eigenvalue weighted by Gasteiger charge is -2.05. The number of carbonyl (C=O) groups is 1. The fourth-order valence-corrected chi connectivity index (χ4v) is 3.78. The van der Waals surface area contributed by atoms with E-state index < -0.39 is 16.4 Å². The smallest absolute Gasteiger partial charge is 0.276 e. The van der Waals surface area contributed by atoms with Gasteiger partial charge in [-0.1, -0.05) is 23.5 Å². The van der Waals surface area contributed by atoms with Crippen molar-refractivity contribution in [2.75, 3.05) is 12.4 Å². The molecule has 31 heavy (non-hydrogen) atoms. The van der Waals surface area contributed by atoms with Gasteiger partial charge in [-0.25, -0.2) is 9.97 Å². The fourth-order valence-electron chi connectivity index (χ4n) is 2.89. The number of ether oxygens (including phenoxy) is 1. The van der Waals surface area contributed by atoms with Gasteiger partial charge in [-0.05, 0) is 23.8 Å². The number of rotatable bonds is 6. The summed E-state index contributed by atoms with van der Waals surface area (Å²) in [6.45, 7) is 0. The molecule has 2 aromatic carbocycles. The second-order valence-corrected chi connectivity index (χ2v) is 7.52. The Labute approximate surface area is 178 Å². The fraction of sp³-hybridized carbons (Fsp3) is 0.100. The predicted molar refractivity (Wildman–Crippen MR) is 115 cm³/mol. The molecule has 4 aromatic rings. The van der Waals surface area contributed by atoms with E-state index in [0.29, 0.717) is 28.2 Å². The summed E-state index contributed by atoms with van der Waals surface area (Å²) in [4.78, 5) is 46.2. The normalized spacial score (nSPS) is 10.7. The number of anilines is 1. The van der Waals surface area contributed by atoms with Gasteiger partial charge in [-0.2, -0.15) is 0 Å². The number of nitro groups is 1. The van der Waals surface area contributed by atoms with Gasteiger partial charge in [-0.3, -0.25) is 25.0 Å². The highest BCUT2D eigenvalue weighted by Crippen LogP contribution is 2.29. The molecule has 0 aliphatic rings. The summed E-state index contributed by atoms with van der Waals surface area (Å²) >= 11 is 1.09. The minimum absolute atomic E-state index is 0.0579. The Kier molecular flexibility index (Phi) is 5.41. The molecule has 1 amide bonds. The Hall–Kier alpha value is -4.12. The van der Waals surface area contributed by atoms with Crippen LogP contribution in [-0.2, 0) is 6.42 Å². The molecule has 0 fully saturated rings. The van der Waals surface area contributed by atoms with Crippen molar-refractivity contribution in [1.29, 1.82) is 0 Å². The summed E-state index contributed by atoms with van der Waals surface area (Å²) in [6, 6.07) is 12.6. The minimum Gasteiger partial charge on any atom is -0.497 e. The summed E-state index contributed by atoms with van der Waals surface area (Å²) in [5.41, 5.74) is 0.828. The number of nitrogens with zero attached hydrogens (tertiary/aromatic N) is 3. The molecule has 156 valence electrons. The summed E-state index contributed by atoms with van der Waals surface area (Å²) in [7, 11) is 1.57. The van der Waals surface area contributed by atoms with Crippen LogP contribution in [0, 0.1) is 10.1 Å². The van der Waals surface area contributed by atoms with Crippen LogP contribution in [0.1, 0.15) is 21.9 Å². The number of nitrogens with one attached hydrogen (secondary N) is 2. The maximum Gasteiger partial charge on any atom is 0.276 e. The van der Waals surface area contributed by atoms with Crippen molar-refractivity contribution in [3.8, 4) is 5.75 Å². The van der Waals surface area contributed by atoms with Gasteiger partial charge in [0.15, 0.2) is 5.13 Å². The monoisotopic (exact) mass is 437 g/mol. The molecule has 0 spiro atoms. The predicted octanol–water partition coefficient (Wildman–Crippen LogP) is 3.14. The molecule has 10 nitrogen and oxygen atoms in total. The number of nitro benzene ring substituents is 1. The lowest BCUT2D eigenvalue weighted by atomic mass is 10.1. The van der Waals surface area contributed by atoms with Gasteiger partial charge in [0.1, 0.15) is 17.3 Å². The summed E-state index contributed by atoms with van der Waals surface area (Å²) in [6.07, 6.45) is 0.325. The number of thiazole rings is 1. The molecule has 2 aromatic heterocycles. The van der Waals surface area contributed by atoms with Crippen LogP contribution in [0.3, 0.4) is 0 Å². The van der Waals surface area contributed by atoms with E-state index in [1.807, 2.05) is 12.1 Å². The first-order valence-corrected chi connectivity index (χ1v) is 9.82. The van der Waals surface area contributed by atoms with E-state index in [1.165, 1.54) is 18.2 Å². The van der Waals surface area contributed by atoms with E-state index in [2.05, 4.69) is 20.3 Å². The molecule has 4 rings (SSSR count). The van der Waals surface area contributed by atoms with Crippen LogP contribution in [0.15, 0.2) is 53.3 Å². The van der Waals surface area contributed by atoms with Crippen LogP contribution in [0.5, 0.6) is 5.75 Å². The van der Waals surface area contributed by atoms with E-state index in [9.17, 15) is 19.7 Å². The standard InChI is InChI=1S/C20H15N5O5S/c1-30-13-5-2-11(3-6-13)8-17-21-15(10-18(26)23-17)19(27)24-20-22-14-7-4-12(25(28)29)9-16(14)31-20/h2-7,9-10H,8H2,1H3,(H,21,23,26)(H,22,24,27). The van der Waals surface area contributed by atoms with Crippen molar-refractivity contribution in [3.63, 3.8) is 0 Å². The number of methoxy groups -OCH3 is 1. The quantitative estimate of drug-likeness (QED) is 0.349. The lowest BCUT2D eigenvalue weighted by Crippen LogP contribution is -2.20. The van der Waals surface area contributed by atoms with Crippen LogP contribution in [-0.4, -0.2) is 32.9 Å². The highest BCUT2D eigenvalue weighted by Gasteiger charge is 2.15. The topological polar surface area (TPSA) is 140 Å². The van der Waals surface area contributed by atoms with Crippen molar-refractivity contribution in [3.05, 3.63) is 86.1 Å². The van der Waals surface area contributed by atoms with Crippen LogP contribution in [0.4, 0.5) is 10.8 Å². The van der Waals surface area contributed by atoms with Gasteiger partial charge in [0, 0.05) is 24.6 Å². The molecule has 0 atom stereocenters. The molecule has 0 radical (unpaired) electrons. The third-order valence-electron chi connectivity index (χ3n) is 4.36. The molecular weight excluding hydrogens is 422 g/mol. The number of hydrogen-bond donors (Lipinski definition) is 2. The van der Waals surface area contributed by atoms with Crippen LogP contribution < -0.4 is 15.6 Å². The second kappa shape index (κ2) is 8.32. The van der Waals surface area contributed by atoms with Crippen LogP contribution >= 0.6 is 11.3 Å². The summed E-state index contributed by atoms with van der Waals surface area (Å²) in [5.74, 6) is 0.442. The van der Waals surface area contributed by atoms with Gasteiger partial charge in [0.2, 0.25) is 0 Å². The zero-order chi connectivity index (χ0) is 22.0. The highest BCUT2D eigenvalue weighted by molar-refractivity contribution is 7.22. The maximum absolute atomic E-state index is 12.6. The number of aromatic nitrogens is 3. The summed E-state index contributed by atoms with van der Waals surface area (Å²) < 4.78 is 5.68. The van der Waals surface area contributed by atoms with E-state index in [4.69, 9.17) is 4.74 Å². The molecule has 2 N–H and O–H groups in total. The molecule has 0 saturated heterocycles. The van der Waals surface area contributed by atoms with Gasteiger partial charge in [0.25, 0.3) is 17.2 Å². The molecule has 0 saturated carbocycles. The number of amides is 1. The summed E-state index contributed by atoms with van der Waals surface area (Å²) in [5, 5.41) is 13.8. The molecule has 0 unspecified atom stereocenters. The lowest BCUT2D eigenvalue weighted by molar-refractivity contribution is -0.384. The van der Waals surface area contributed by atoms with Crippen molar-refractivity contribution in [1.82, 2.24) is 15.0 Å². The van der Waals surface area contributed by atoms with E-state index >= 15 is 0 Å². The third kappa shape index (κ3) is 4.56. The Morgan fingerprint density at radius 2 is 1.97 bits per heavy atom. The Balaban J connectivity index is 1.54. The largest absolute Gasteiger partial charge is 0.497 e. The second-order valence-electron chi connectivity index (χ2n) is 6.48. The van der Waals surface area contributed by atoms with Crippen molar-refractivity contribution >= 4 is 38.3 Å². The minimum atomic E-state index is -0.601. The molecule has 0 bridgehead atoms. The Morgan fingerprint density at radius 1 is 1.19 bits per heavy atom. The Morgan fingerprint density at radius 3 is 2.68 bits per heavy atom. The van der Waals surface area contributed by atoms with Crippen molar-refractivity contribution in [2.24, 2.45) is 0 Å².